The number of rotatable bonds is 6. The molecule has 0 bridgehead atoms. The fraction of sp³-hybridized carbons (Fsp3) is 0.556. The van der Waals surface area contributed by atoms with Crippen LogP contribution in [0.3, 0.4) is 0 Å². The Balaban J connectivity index is 1.60. The third kappa shape index (κ3) is 3.57. The van der Waals surface area contributed by atoms with Crippen molar-refractivity contribution in [1.29, 1.82) is 0 Å². The summed E-state index contributed by atoms with van der Waals surface area (Å²) in [5, 5.41) is 0. The van der Waals surface area contributed by atoms with Gasteiger partial charge in [0.15, 0.2) is 0 Å². The van der Waals surface area contributed by atoms with E-state index in [0.717, 1.165) is 44.7 Å². The van der Waals surface area contributed by atoms with Gasteiger partial charge in [-0.3, -0.25) is 4.90 Å². The van der Waals surface area contributed by atoms with E-state index in [1.165, 1.54) is 12.1 Å². The summed E-state index contributed by atoms with van der Waals surface area (Å²) in [5.41, 5.74) is 1.16. The van der Waals surface area contributed by atoms with Gasteiger partial charge in [0.1, 0.15) is 5.82 Å². The average molecular weight is 305 g/mol. The lowest BCUT2D eigenvalue weighted by atomic mass is 10.0. The van der Waals surface area contributed by atoms with Gasteiger partial charge < -0.3 is 9.47 Å². The third-order valence-corrected chi connectivity index (χ3v) is 4.70. The fourth-order valence-corrected chi connectivity index (χ4v) is 3.64. The van der Waals surface area contributed by atoms with Gasteiger partial charge in [-0.25, -0.2) is 4.39 Å². The number of hydrogen-bond donors (Lipinski definition) is 0. The highest BCUT2D eigenvalue weighted by atomic mass is 19.1. The van der Waals surface area contributed by atoms with Crippen molar-refractivity contribution in [2.24, 2.45) is 5.92 Å². The topological polar surface area (TPSA) is 21.7 Å². The predicted molar refractivity (Wildman–Crippen MR) is 84.1 cm³/mol. The lowest BCUT2D eigenvalue weighted by Gasteiger charge is -2.39. The number of nitrogens with zero attached hydrogens (tertiary/aromatic N) is 1. The first-order valence-electron chi connectivity index (χ1n) is 8.06. The number of hydrogen-bond acceptors (Lipinski definition) is 3. The largest absolute Gasteiger partial charge is 0.377 e. The van der Waals surface area contributed by atoms with Crippen LogP contribution >= 0.6 is 0 Å². The molecule has 1 aromatic carbocycles. The summed E-state index contributed by atoms with van der Waals surface area (Å²) in [7, 11) is 0. The normalized spacial score (nSPS) is 28.5. The van der Waals surface area contributed by atoms with E-state index >= 15 is 0 Å². The average Bonchev–Trinajstić information content (AvgIpc) is 2.94. The monoisotopic (exact) mass is 305 g/mol. The maximum absolute atomic E-state index is 13.0. The molecule has 3 rings (SSSR count). The van der Waals surface area contributed by atoms with Crippen LogP contribution in [0.5, 0.6) is 0 Å². The highest BCUT2D eigenvalue weighted by Crippen LogP contribution is 2.35. The fourth-order valence-electron chi connectivity index (χ4n) is 3.64. The standard InChI is InChI=1S/C18H24FNO2/c1-2-10-21-13-15-5-8-17-18(15)22-11-9-20(17)12-14-3-6-16(19)7-4-14/h2-4,6-7,15,17-18H,1,5,8-13H2/t15-,17+,18-/m0/s1. The number of benzene rings is 1. The van der Waals surface area contributed by atoms with Gasteiger partial charge in [0.25, 0.3) is 0 Å². The molecular weight excluding hydrogens is 281 g/mol. The molecule has 1 aliphatic heterocycles. The van der Waals surface area contributed by atoms with E-state index in [1.807, 2.05) is 12.1 Å². The van der Waals surface area contributed by atoms with E-state index in [9.17, 15) is 4.39 Å². The molecule has 1 saturated heterocycles. The second kappa shape index (κ2) is 7.36. The van der Waals surface area contributed by atoms with Crippen molar-refractivity contribution in [3.63, 3.8) is 0 Å². The summed E-state index contributed by atoms with van der Waals surface area (Å²) in [6.07, 6.45) is 4.34. The van der Waals surface area contributed by atoms with Crippen LogP contribution in [-0.2, 0) is 16.0 Å². The Morgan fingerprint density at radius 3 is 2.91 bits per heavy atom. The van der Waals surface area contributed by atoms with Crippen LogP contribution < -0.4 is 0 Å². The zero-order valence-electron chi connectivity index (χ0n) is 12.9. The van der Waals surface area contributed by atoms with Crippen molar-refractivity contribution in [3.8, 4) is 0 Å². The molecule has 22 heavy (non-hydrogen) atoms. The molecule has 1 heterocycles. The van der Waals surface area contributed by atoms with Crippen molar-refractivity contribution in [2.45, 2.75) is 31.5 Å². The van der Waals surface area contributed by atoms with Gasteiger partial charge in [-0.2, -0.15) is 0 Å². The molecule has 1 aromatic rings. The molecule has 0 radical (unpaired) electrons. The predicted octanol–water partition coefficient (Wildman–Crippen LogP) is 3.01. The second-order valence-corrected chi connectivity index (χ2v) is 6.16. The Labute approximate surface area is 131 Å². The molecule has 0 aromatic heterocycles. The first kappa shape index (κ1) is 15.7. The zero-order chi connectivity index (χ0) is 15.4. The number of fused-ring (bicyclic) bond motifs is 1. The molecule has 3 nitrogen and oxygen atoms in total. The van der Waals surface area contributed by atoms with Gasteiger partial charge in [-0.1, -0.05) is 18.2 Å². The van der Waals surface area contributed by atoms with E-state index in [-0.39, 0.29) is 11.9 Å². The molecular formula is C18H24FNO2. The summed E-state index contributed by atoms with van der Waals surface area (Å²) in [4.78, 5) is 2.48. The first-order chi connectivity index (χ1) is 10.8. The van der Waals surface area contributed by atoms with Gasteiger partial charge in [0.2, 0.25) is 0 Å². The lowest BCUT2D eigenvalue weighted by molar-refractivity contribution is -0.0869. The molecule has 0 spiro atoms. The second-order valence-electron chi connectivity index (χ2n) is 6.16. The maximum atomic E-state index is 13.0. The summed E-state index contributed by atoms with van der Waals surface area (Å²) in [5.74, 6) is 0.296. The van der Waals surface area contributed by atoms with Crippen LogP contribution in [-0.4, -0.2) is 43.4 Å². The minimum atomic E-state index is -0.177. The van der Waals surface area contributed by atoms with Crippen LogP contribution in [0.15, 0.2) is 36.9 Å². The Hall–Kier alpha value is -1.23. The smallest absolute Gasteiger partial charge is 0.123 e. The minimum absolute atomic E-state index is 0.177. The van der Waals surface area contributed by atoms with Gasteiger partial charge in [0, 0.05) is 25.0 Å². The molecule has 0 amide bonds. The van der Waals surface area contributed by atoms with Crippen LogP contribution in [0, 0.1) is 11.7 Å². The Morgan fingerprint density at radius 2 is 2.14 bits per heavy atom. The third-order valence-electron chi connectivity index (χ3n) is 4.70. The quantitative estimate of drug-likeness (QED) is 0.596. The summed E-state index contributed by atoms with van der Waals surface area (Å²) >= 11 is 0. The lowest BCUT2D eigenvalue weighted by Crippen LogP contribution is -2.50. The van der Waals surface area contributed by atoms with Crippen LogP contribution in [0.25, 0.3) is 0 Å². The van der Waals surface area contributed by atoms with Crippen LogP contribution in [0.1, 0.15) is 18.4 Å². The van der Waals surface area contributed by atoms with Gasteiger partial charge in [0.05, 0.1) is 25.9 Å². The SMILES string of the molecule is C=CCOC[C@@H]1CC[C@@H]2[C@H]1OCCN2Cc1ccc(F)cc1. The molecule has 3 atom stereocenters. The zero-order valence-corrected chi connectivity index (χ0v) is 12.9. The van der Waals surface area contributed by atoms with Crippen LogP contribution in [0.2, 0.25) is 0 Å². The molecule has 1 aliphatic carbocycles. The highest BCUT2D eigenvalue weighted by molar-refractivity contribution is 5.16. The number of halogens is 1. The van der Waals surface area contributed by atoms with Gasteiger partial charge in [-0.05, 0) is 30.5 Å². The Morgan fingerprint density at radius 1 is 1.32 bits per heavy atom. The van der Waals surface area contributed by atoms with Crippen molar-refractivity contribution in [1.82, 2.24) is 4.90 Å². The molecule has 1 saturated carbocycles. The van der Waals surface area contributed by atoms with E-state index < -0.39 is 0 Å². The summed E-state index contributed by atoms with van der Waals surface area (Å²) < 4.78 is 24.7. The van der Waals surface area contributed by atoms with E-state index in [4.69, 9.17) is 9.47 Å². The number of morpholine rings is 1. The Bertz CT molecular complexity index is 490. The van der Waals surface area contributed by atoms with Crippen molar-refractivity contribution >= 4 is 0 Å². The molecule has 2 fully saturated rings. The van der Waals surface area contributed by atoms with E-state index in [0.29, 0.717) is 18.6 Å². The van der Waals surface area contributed by atoms with Crippen molar-refractivity contribution in [3.05, 3.63) is 48.3 Å². The van der Waals surface area contributed by atoms with E-state index in [2.05, 4.69) is 11.5 Å². The van der Waals surface area contributed by atoms with Crippen molar-refractivity contribution in [2.75, 3.05) is 26.4 Å². The molecule has 2 aliphatic rings. The number of ether oxygens (including phenoxy) is 2. The molecule has 0 N–H and O–H groups in total. The van der Waals surface area contributed by atoms with Gasteiger partial charge in [-0.15, -0.1) is 6.58 Å². The van der Waals surface area contributed by atoms with E-state index in [1.54, 1.807) is 6.08 Å². The highest BCUT2D eigenvalue weighted by Gasteiger charge is 2.42. The first-order valence-corrected chi connectivity index (χ1v) is 8.06. The van der Waals surface area contributed by atoms with Gasteiger partial charge >= 0.3 is 0 Å². The summed E-state index contributed by atoms with van der Waals surface area (Å²) in [6.45, 7) is 7.61. The molecule has 120 valence electrons. The molecule has 4 heteroatoms. The maximum Gasteiger partial charge on any atom is 0.123 e. The van der Waals surface area contributed by atoms with Crippen LogP contribution in [0.4, 0.5) is 4.39 Å². The molecule has 0 unspecified atom stereocenters. The summed E-state index contributed by atoms with van der Waals surface area (Å²) in [6, 6.07) is 7.27. The van der Waals surface area contributed by atoms with Crippen molar-refractivity contribution < 1.29 is 13.9 Å². The minimum Gasteiger partial charge on any atom is -0.377 e. The Kier molecular flexibility index (Phi) is 5.24.